The molecule has 2 atom stereocenters. The molecule has 0 bridgehead atoms. The zero-order valence-corrected chi connectivity index (χ0v) is 10.0. The number of carbonyl (C=O) groups excluding carboxylic acids is 2. The number of hydrogen-bond acceptors (Lipinski definition) is 2. The molecule has 2 rings (SSSR count). The molecule has 2 aliphatic rings. The topological polar surface area (TPSA) is 34.1 Å². The Morgan fingerprint density at radius 1 is 1.44 bits per heavy atom. The van der Waals surface area contributed by atoms with E-state index in [0.717, 1.165) is 17.6 Å². The smallest absolute Gasteiger partial charge is 0.155 e. The fraction of sp³-hybridized carbons (Fsp3) is 0.571. The highest BCUT2D eigenvalue weighted by molar-refractivity contribution is 5.97. The van der Waals surface area contributed by atoms with Crippen LogP contribution >= 0.6 is 0 Å². The van der Waals surface area contributed by atoms with E-state index >= 15 is 0 Å². The lowest BCUT2D eigenvalue weighted by molar-refractivity contribution is -0.129. The number of rotatable bonds is 1. The summed E-state index contributed by atoms with van der Waals surface area (Å²) in [6, 6.07) is 0. The predicted octanol–water partition coefficient (Wildman–Crippen LogP) is 2.84. The Balaban J connectivity index is 2.36. The number of allylic oxidation sites excluding steroid dienone is 3. The molecule has 0 amide bonds. The fourth-order valence-corrected chi connectivity index (χ4v) is 2.70. The predicted molar refractivity (Wildman–Crippen MR) is 63.0 cm³/mol. The standard InChI is InChI=1S/C14H18O2/c1-9(2)10-6-11-8-12(15)4-5-14(11,3)13(16)7-10/h8,10H,1,4-7H2,2-3H3/t10-,14-/m0/s1. The maximum absolute atomic E-state index is 12.2. The number of ketones is 2. The Kier molecular flexibility index (Phi) is 2.61. The van der Waals surface area contributed by atoms with Gasteiger partial charge in [-0.3, -0.25) is 9.59 Å². The van der Waals surface area contributed by atoms with Gasteiger partial charge in [-0.05, 0) is 38.7 Å². The third kappa shape index (κ3) is 1.66. The second kappa shape index (κ2) is 3.69. The highest BCUT2D eigenvalue weighted by Gasteiger charge is 2.44. The Hall–Kier alpha value is -1.18. The van der Waals surface area contributed by atoms with Crippen LogP contribution in [0.5, 0.6) is 0 Å². The second-order valence-electron chi connectivity index (χ2n) is 5.34. The molecule has 0 heterocycles. The third-order valence-corrected chi connectivity index (χ3v) is 4.13. The molecule has 0 aliphatic heterocycles. The van der Waals surface area contributed by atoms with Crippen LogP contribution in [0.25, 0.3) is 0 Å². The second-order valence-corrected chi connectivity index (χ2v) is 5.34. The van der Waals surface area contributed by atoms with E-state index in [4.69, 9.17) is 0 Å². The first-order valence-corrected chi connectivity index (χ1v) is 5.86. The summed E-state index contributed by atoms with van der Waals surface area (Å²) in [5, 5.41) is 0. The molecule has 16 heavy (non-hydrogen) atoms. The van der Waals surface area contributed by atoms with Crippen molar-refractivity contribution in [3.63, 3.8) is 0 Å². The SMILES string of the molecule is C=C(C)[C@@H]1CC(=O)[C@@]2(C)CCC(=O)C=C2C1. The first-order chi connectivity index (χ1) is 7.43. The van der Waals surface area contributed by atoms with E-state index in [0.29, 0.717) is 19.3 Å². The maximum atomic E-state index is 12.2. The van der Waals surface area contributed by atoms with Crippen molar-refractivity contribution in [3.05, 3.63) is 23.8 Å². The highest BCUT2D eigenvalue weighted by Crippen LogP contribution is 2.47. The molecule has 0 aromatic rings. The van der Waals surface area contributed by atoms with Crippen LogP contribution in [0, 0.1) is 11.3 Å². The first-order valence-electron chi connectivity index (χ1n) is 5.86. The molecular formula is C14H18O2. The van der Waals surface area contributed by atoms with Crippen molar-refractivity contribution in [2.24, 2.45) is 11.3 Å². The monoisotopic (exact) mass is 218 g/mol. The minimum absolute atomic E-state index is 0.169. The van der Waals surface area contributed by atoms with Crippen LogP contribution < -0.4 is 0 Å². The Morgan fingerprint density at radius 3 is 2.75 bits per heavy atom. The van der Waals surface area contributed by atoms with Crippen LogP contribution in [0.15, 0.2) is 23.8 Å². The molecule has 0 aromatic heterocycles. The summed E-state index contributed by atoms with van der Waals surface area (Å²) in [7, 11) is 0. The number of hydrogen-bond donors (Lipinski definition) is 0. The lowest BCUT2D eigenvalue weighted by atomic mass is 9.62. The lowest BCUT2D eigenvalue weighted by Gasteiger charge is -2.40. The van der Waals surface area contributed by atoms with E-state index < -0.39 is 0 Å². The van der Waals surface area contributed by atoms with Crippen LogP contribution in [0.4, 0.5) is 0 Å². The summed E-state index contributed by atoms with van der Waals surface area (Å²) in [5.74, 6) is 0.686. The van der Waals surface area contributed by atoms with Gasteiger partial charge >= 0.3 is 0 Å². The molecule has 2 heteroatoms. The van der Waals surface area contributed by atoms with E-state index in [2.05, 4.69) is 6.58 Å². The summed E-state index contributed by atoms with van der Waals surface area (Å²) < 4.78 is 0. The van der Waals surface area contributed by atoms with Crippen LogP contribution in [-0.2, 0) is 9.59 Å². The average molecular weight is 218 g/mol. The van der Waals surface area contributed by atoms with E-state index in [1.807, 2.05) is 13.8 Å². The molecule has 0 aromatic carbocycles. The summed E-state index contributed by atoms with van der Waals surface area (Å²) in [6.07, 6.45) is 4.35. The van der Waals surface area contributed by atoms with Gasteiger partial charge in [0.25, 0.3) is 0 Å². The zero-order chi connectivity index (χ0) is 11.9. The van der Waals surface area contributed by atoms with Gasteiger partial charge in [-0.25, -0.2) is 0 Å². The van der Waals surface area contributed by atoms with Crippen molar-refractivity contribution < 1.29 is 9.59 Å². The summed E-state index contributed by atoms with van der Waals surface area (Å²) in [6.45, 7) is 7.88. The van der Waals surface area contributed by atoms with Crippen molar-refractivity contribution >= 4 is 11.6 Å². The number of fused-ring (bicyclic) bond motifs is 1. The van der Waals surface area contributed by atoms with E-state index in [1.54, 1.807) is 6.08 Å². The van der Waals surface area contributed by atoms with Crippen molar-refractivity contribution in [1.29, 1.82) is 0 Å². The molecule has 0 N–H and O–H groups in total. The van der Waals surface area contributed by atoms with Crippen molar-refractivity contribution in [2.75, 3.05) is 0 Å². The van der Waals surface area contributed by atoms with E-state index in [9.17, 15) is 9.59 Å². The minimum Gasteiger partial charge on any atom is -0.299 e. The molecule has 0 radical (unpaired) electrons. The van der Waals surface area contributed by atoms with Gasteiger partial charge in [-0.2, -0.15) is 0 Å². The Labute approximate surface area is 96.4 Å². The van der Waals surface area contributed by atoms with Gasteiger partial charge in [0.2, 0.25) is 0 Å². The number of carbonyl (C=O) groups is 2. The summed E-state index contributed by atoms with van der Waals surface area (Å²) >= 11 is 0. The van der Waals surface area contributed by atoms with E-state index in [1.165, 1.54) is 0 Å². The van der Waals surface area contributed by atoms with Crippen LogP contribution in [-0.4, -0.2) is 11.6 Å². The molecule has 0 saturated heterocycles. The summed E-state index contributed by atoms with van der Waals surface area (Å²) in [5.41, 5.74) is 1.72. The van der Waals surface area contributed by atoms with Gasteiger partial charge in [0.05, 0.1) is 0 Å². The van der Waals surface area contributed by atoms with Crippen molar-refractivity contribution in [1.82, 2.24) is 0 Å². The molecule has 2 aliphatic carbocycles. The molecule has 0 spiro atoms. The average Bonchev–Trinajstić information content (AvgIpc) is 2.21. The maximum Gasteiger partial charge on any atom is 0.155 e. The quantitative estimate of drug-likeness (QED) is 0.634. The normalized spacial score (nSPS) is 34.4. The van der Waals surface area contributed by atoms with Gasteiger partial charge < -0.3 is 0 Å². The molecular weight excluding hydrogens is 200 g/mol. The zero-order valence-electron chi connectivity index (χ0n) is 10.0. The van der Waals surface area contributed by atoms with Gasteiger partial charge in [-0.15, -0.1) is 0 Å². The first kappa shape index (κ1) is 11.3. The Morgan fingerprint density at radius 2 is 2.12 bits per heavy atom. The fourth-order valence-electron chi connectivity index (χ4n) is 2.70. The minimum atomic E-state index is -0.361. The van der Waals surface area contributed by atoms with Crippen LogP contribution in [0.1, 0.15) is 39.5 Å². The highest BCUT2D eigenvalue weighted by atomic mass is 16.1. The molecule has 1 fully saturated rings. The largest absolute Gasteiger partial charge is 0.299 e. The van der Waals surface area contributed by atoms with Gasteiger partial charge in [0.1, 0.15) is 5.78 Å². The van der Waals surface area contributed by atoms with E-state index in [-0.39, 0.29) is 22.9 Å². The van der Waals surface area contributed by atoms with Crippen LogP contribution in [0.3, 0.4) is 0 Å². The van der Waals surface area contributed by atoms with Crippen LogP contribution in [0.2, 0.25) is 0 Å². The van der Waals surface area contributed by atoms with Gasteiger partial charge in [0, 0.05) is 18.3 Å². The van der Waals surface area contributed by atoms with Gasteiger partial charge in [-0.1, -0.05) is 17.7 Å². The molecule has 2 nitrogen and oxygen atoms in total. The van der Waals surface area contributed by atoms with Gasteiger partial charge in [0.15, 0.2) is 5.78 Å². The third-order valence-electron chi connectivity index (χ3n) is 4.13. The Bertz CT molecular complexity index is 403. The molecule has 86 valence electrons. The summed E-state index contributed by atoms with van der Waals surface area (Å²) in [4.78, 5) is 23.6. The van der Waals surface area contributed by atoms with Crippen molar-refractivity contribution in [3.8, 4) is 0 Å². The number of Topliss-reactive ketones (excluding diaryl/α,β-unsaturated/α-hetero) is 1. The molecule has 1 saturated carbocycles. The molecule has 0 unspecified atom stereocenters. The lowest BCUT2D eigenvalue weighted by Crippen LogP contribution is -2.39. The van der Waals surface area contributed by atoms with Crippen molar-refractivity contribution in [2.45, 2.75) is 39.5 Å².